The molecule has 0 saturated carbocycles. The van der Waals surface area contributed by atoms with Crippen LogP contribution in [-0.2, 0) is 4.79 Å². The minimum Gasteiger partial charge on any atom is -0.388 e. The summed E-state index contributed by atoms with van der Waals surface area (Å²) in [4.78, 5) is 11.3. The third kappa shape index (κ3) is 8.39. The van der Waals surface area contributed by atoms with E-state index in [1.807, 2.05) is 13.8 Å². The maximum atomic E-state index is 11.3. The summed E-state index contributed by atoms with van der Waals surface area (Å²) in [5.74, 6) is -0.00710. The van der Waals surface area contributed by atoms with Gasteiger partial charge in [0.05, 0.1) is 5.60 Å². The van der Waals surface area contributed by atoms with Gasteiger partial charge in [-0.3, -0.25) is 4.79 Å². The molecular formula is C11H24N2O2. The summed E-state index contributed by atoms with van der Waals surface area (Å²) in [6, 6.07) is 0. The monoisotopic (exact) mass is 216 g/mol. The molecule has 0 heterocycles. The first-order valence-corrected chi connectivity index (χ1v) is 5.71. The zero-order valence-corrected chi connectivity index (χ0v) is 10.1. The van der Waals surface area contributed by atoms with E-state index in [4.69, 9.17) is 0 Å². The van der Waals surface area contributed by atoms with Gasteiger partial charge in [-0.25, -0.2) is 0 Å². The van der Waals surface area contributed by atoms with Gasteiger partial charge in [-0.15, -0.1) is 0 Å². The van der Waals surface area contributed by atoms with Crippen LogP contribution in [0, 0.1) is 0 Å². The number of carbonyl (C=O) groups is 1. The number of nitrogens with one attached hydrogen (secondary N) is 2. The smallest absolute Gasteiger partial charge is 0.221 e. The highest BCUT2D eigenvalue weighted by Crippen LogP contribution is 2.09. The Labute approximate surface area is 92.4 Å². The highest BCUT2D eigenvalue weighted by molar-refractivity contribution is 5.76. The fourth-order valence-corrected chi connectivity index (χ4v) is 1.38. The van der Waals surface area contributed by atoms with E-state index in [9.17, 15) is 9.90 Å². The van der Waals surface area contributed by atoms with Crippen molar-refractivity contribution in [3.8, 4) is 0 Å². The Morgan fingerprint density at radius 3 is 2.60 bits per heavy atom. The van der Waals surface area contributed by atoms with E-state index in [2.05, 4.69) is 10.6 Å². The Kier molecular flexibility index (Phi) is 7.34. The minimum absolute atomic E-state index is 0.00710. The highest BCUT2D eigenvalue weighted by atomic mass is 16.3. The number of rotatable bonds is 8. The standard InChI is InChI=1S/C11H24N2O2/c1-4-7-11(3,15)9-13-10(14)6-8-12-5-2/h12,15H,4-9H2,1-3H3,(H,13,14). The summed E-state index contributed by atoms with van der Waals surface area (Å²) in [7, 11) is 0. The van der Waals surface area contributed by atoms with E-state index >= 15 is 0 Å². The molecular weight excluding hydrogens is 192 g/mol. The lowest BCUT2D eigenvalue weighted by atomic mass is 10.0. The molecule has 1 atom stereocenters. The molecule has 0 fully saturated rings. The van der Waals surface area contributed by atoms with Crippen molar-refractivity contribution in [3.05, 3.63) is 0 Å². The average Bonchev–Trinajstić information content (AvgIpc) is 2.15. The average molecular weight is 216 g/mol. The van der Waals surface area contributed by atoms with Crippen molar-refractivity contribution in [2.24, 2.45) is 0 Å². The number of hydrogen-bond acceptors (Lipinski definition) is 3. The fourth-order valence-electron chi connectivity index (χ4n) is 1.38. The van der Waals surface area contributed by atoms with E-state index in [0.717, 1.165) is 13.0 Å². The molecule has 0 aliphatic rings. The predicted octanol–water partition coefficient (Wildman–Crippen LogP) is 0.653. The van der Waals surface area contributed by atoms with Crippen LogP contribution in [0.1, 0.15) is 40.0 Å². The molecule has 0 aromatic rings. The van der Waals surface area contributed by atoms with E-state index in [1.165, 1.54) is 0 Å². The molecule has 0 rings (SSSR count). The van der Waals surface area contributed by atoms with E-state index in [0.29, 0.717) is 25.9 Å². The van der Waals surface area contributed by atoms with Gasteiger partial charge in [0.25, 0.3) is 0 Å². The Hall–Kier alpha value is -0.610. The van der Waals surface area contributed by atoms with Crippen LogP contribution in [0.3, 0.4) is 0 Å². The molecule has 15 heavy (non-hydrogen) atoms. The molecule has 0 aromatic carbocycles. The molecule has 0 aliphatic heterocycles. The second-order valence-corrected chi connectivity index (χ2v) is 4.13. The number of aliphatic hydroxyl groups is 1. The summed E-state index contributed by atoms with van der Waals surface area (Å²) in [6.07, 6.45) is 2.09. The van der Waals surface area contributed by atoms with Gasteiger partial charge in [-0.1, -0.05) is 20.3 Å². The van der Waals surface area contributed by atoms with Crippen molar-refractivity contribution in [2.45, 2.75) is 45.6 Å². The summed E-state index contributed by atoms with van der Waals surface area (Å²) < 4.78 is 0. The third-order valence-corrected chi connectivity index (χ3v) is 2.23. The molecule has 90 valence electrons. The molecule has 0 aliphatic carbocycles. The quantitative estimate of drug-likeness (QED) is 0.522. The first-order chi connectivity index (χ1) is 7.02. The lowest BCUT2D eigenvalue weighted by Crippen LogP contribution is -2.41. The van der Waals surface area contributed by atoms with Crippen molar-refractivity contribution >= 4 is 5.91 Å². The zero-order valence-electron chi connectivity index (χ0n) is 10.1. The molecule has 0 aromatic heterocycles. The molecule has 3 N–H and O–H groups in total. The number of hydrogen-bond donors (Lipinski definition) is 3. The van der Waals surface area contributed by atoms with Crippen molar-refractivity contribution in [2.75, 3.05) is 19.6 Å². The molecule has 1 amide bonds. The Bertz CT molecular complexity index is 181. The molecule has 1 unspecified atom stereocenters. The Balaban J connectivity index is 3.60. The van der Waals surface area contributed by atoms with Gasteiger partial charge in [0.15, 0.2) is 0 Å². The van der Waals surface area contributed by atoms with Crippen LogP contribution in [0.15, 0.2) is 0 Å². The Morgan fingerprint density at radius 2 is 2.07 bits per heavy atom. The van der Waals surface area contributed by atoms with Crippen LogP contribution in [0.4, 0.5) is 0 Å². The molecule has 0 bridgehead atoms. The van der Waals surface area contributed by atoms with E-state index in [1.54, 1.807) is 6.92 Å². The first-order valence-electron chi connectivity index (χ1n) is 5.71. The Morgan fingerprint density at radius 1 is 1.40 bits per heavy atom. The van der Waals surface area contributed by atoms with Crippen LogP contribution in [0.2, 0.25) is 0 Å². The third-order valence-electron chi connectivity index (χ3n) is 2.23. The molecule has 0 saturated heterocycles. The van der Waals surface area contributed by atoms with Gasteiger partial charge in [0, 0.05) is 19.5 Å². The maximum Gasteiger partial charge on any atom is 0.221 e. The van der Waals surface area contributed by atoms with Crippen LogP contribution < -0.4 is 10.6 Å². The van der Waals surface area contributed by atoms with Crippen LogP contribution in [0.25, 0.3) is 0 Å². The summed E-state index contributed by atoms with van der Waals surface area (Å²) in [5.41, 5.74) is -0.775. The minimum atomic E-state index is -0.775. The largest absolute Gasteiger partial charge is 0.388 e. The summed E-state index contributed by atoms with van der Waals surface area (Å²) >= 11 is 0. The van der Waals surface area contributed by atoms with Gasteiger partial charge in [-0.2, -0.15) is 0 Å². The zero-order chi connectivity index (χ0) is 11.7. The van der Waals surface area contributed by atoms with Gasteiger partial charge in [-0.05, 0) is 19.9 Å². The van der Waals surface area contributed by atoms with Crippen molar-refractivity contribution in [1.29, 1.82) is 0 Å². The summed E-state index contributed by atoms with van der Waals surface area (Å²) in [5, 5.41) is 15.6. The van der Waals surface area contributed by atoms with Crippen molar-refractivity contribution < 1.29 is 9.90 Å². The molecule has 4 heteroatoms. The predicted molar refractivity (Wildman–Crippen MR) is 61.7 cm³/mol. The fraction of sp³-hybridized carbons (Fsp3) is 0.909. The highest BCUT2D eigenvalue weighted by Gasteiger charge is 2.19. The number of amides is 1. The molecule has 4 nitrogen and oxygen atoms in total. The first kappa shape index (κ1) is 14.4. The molecule has 0 radical (unpaired) electrons. The van der Waals surface area contributed by atoms with E-state index in [-0.39, 0.29) is 5.91 Å². The number of carbonyl (C=O) groups excluding carboxylic acids is 1. The topological polar surface area (TPSA) is 61.4 Å². The molecule has 0 spiro atoms. The SMILES string of the molecule is CCCC(C)(O)CNC(=O)CCNCC. The lowest BCUT2D eigenvalue weighted by Gasteiger charge is -2.22. The van der Waals surface area contributed by atoms with Crippen LogP contribution in [-0.4, -0.2) is 36.2 Å². The summed E-state index contributed by atoms with van der Waals surface area (Å²) in [6.45, 7) is 7.68. The van der Waals surface area contributed by atoms with E-state index < -0.39 is 5.60 Å². The van der Waals surface area contributed by atoms with Crippen LogP contribution in [0.5, 0.6) is 0 Å². The van der Waals surface area contributed by atoms with Crippen molar-refractivity contribution in [1.82, 2.24) is 10.6 Å². The van der Waals surface area contributed by atoms with Crippen molar-refractivity contribution in [3.63, 3.8) is 0 Å². The van der Waals surface area contributed by atoms with Crippen LogP contribution >= 0.6 is 0 Å². The normalized spacial score (nSPS) is 14.7. The second-order valence-electron chi connectivity index (χ2n) is 4.13. The maximum absolute atomic E-state index is 11.3. The van der Waals surface area contributed by atoms with Gasteiger partial charge in [0.2, 0.25) is 5.91 Å². The van der Waals surface area contributed by atoms with Gasteiger partial charge < -0.3 is 15.7 Å². The lowest BCUT2D eigenvalue weighted by molar-refractivity contribution is -0.122. The van der Waals surface area contributed by atoms with Gasteiger partial charge in [0.1, 0.15) is 0 Å². The van der Waals surface area contributed by atoms with Gasteiger partial charge >= 0.3 is 0 Å². The second kappa shape index (κ2) is 7.65.